The largest absolute Gasteiger partial charge is 0.496 e. The number of hydrogen-bond donors (Lipinski definition) is 1. The second-order valence-corrected chi connectivity index (χ2v) is 9.45. The normalized spacial score (nSPS) is 26.2. The van der Waals surface area contributed by atoms with Crippen molar-refractivity contribution in [3.8, 4) is 5.75 Å². The third-order valence-electron chi connectivity index (χ3n) is 7.69. The predicted molar refractivity (Wildman–Crippen MR) is 132 cm³/mol. The monoisotopic (exact) mass is 479 g/mol. The van der Waals surface area contributed by atoms with Gasteiger partial charge in [0, 0.05) is 61.4 Å². The van der Waals surface area contributed by atoms with Crippen LogP contribution in [-0.4, -0.2) is 71.4 Å². The van der Waals surface area contributed by atoms with Crippen LogP contribution in [0.3, 0.4) is 0 Å². The van der Waals surface area contributed by atoms with E-state index >= 15 is 0 Å². The van der Waals surface area contributed by atoms with Gasteiger partial charge in [0.2, 0.25) is 5.91 Å². The first kappa shape index (κ1) is 23.8. The number of ether oxygens (including phenoxy) is 2. The number of amides is 1. The SMILES string of the molecule is C/C=C\c1ccc2n(c1=O)C[C@H]1[C@H](CO)[C@@H](C(=O)N3CCOCC3)N(Cc3ccccc3OC)[C@@H]21. The Morgan fingerprint density at radius 1 is 1.20 bits per heavy atom. The van der Waals surface area contributed by atoms with Crippen molar-refractivity contribution >= 4 is 12.0 Å². The van der Waals surface area contributed by atoms with Crippen molar-refractivity contribution in [2.24, 2.45) is 11.8 Å². The molecule has 4 heterocycles. The van der Waals surface area contributed by atoms with Crippen LogP contribution in [0.4, 0.5) is 0 Å². The van der Waals surface area contributed by atoms with E-state index in [1.165, 1.54) is 0 Å². The number of likely N-dealkylation sites (tertiary alicyclic amines) is 1. The maximum atomic E-state index is 13.9. The first-order valence-corrected chi connectivity index (χ1v) is 12.3. The molecule has 1 amide bonds. The molecule has 5 rings (SSSR count). The molecule has 3 aliphatic heterocycles. The highest BCUT2D eigenvalue weighted by molar-refractivity contribution is 5.83. The molecule has 0 aliphatic carbocycles. The zero-order chi connectivity index (χ0) is 24.5. The third kappa shape index (κ3) is 4.09. The van der Waals surface area contributed by atoms with Gasteiger partial charge < -0.3 is 24.0 Å². The lowest BCUT2D eigenvalue weighted by Crippen LogP contribution is -2.52. The molecule has 0 saturated carbocycles. The van der Waals surface area contributed by atoms with Crippen LogP contribution < -0.4 is 10.3 Å². The lowest BCUT2D eigenvalue weighted by Gasteiger charge is -2.36. The number of morpholine rings is 1. The van der Waals surface area contributed by atoms with Gasteiger partial charge in [0.15, 0.2) is 0 Å². The van der Waals surface area contributed by atoms with Crippen molar-refractivity contribution in [2.45, 2.75) is 32.1 Å². The van der Waals surface area contributed by atoms with Gasteiger partial charge >= 0.3 is 0 Å². The number of nitrogens with zero attached hydrogens (tertiary/aromatic N) is 3. The van der Waals surface area contributed by atoms with Gasteiger partial charge in [0.1, 0.15) is 5.75 Å². The Kier molecular flexibility index (Phi) is 6.77. The summed E-state index contributed by atoms with van der Waals surface area (Å²) in [7, 11) is 1.64. The van der Waals surface area contributed by atoms with Gasteiger partial charge in [-0.15, -0.1) is 0 Å². The second kappa shape index (κ2) is 9.97. The van der Waals surface area contributed by atoms with Gasteiger partial charge in [-0.25, -0.2) is 0 Å². The number of aliphatic hydroxyl groups excluding tert-OH is 1. The van der Waals surface area contributed by atoms with Crippen LogP contribution in [0.15, 0.2) is 47.3 Å². The molecule has 35 heavy (non-hydrogen) atoms. The van der Waals surface area contributed by atoms with E-state index in [0.717, 1.165) is 17.0 Å². The van der Waals surface area contributed by atoms with E-state index in [1.807, 2.05) is 64.9 Å². The molecule has 2 aromatic rings. The summed E-state index contributed by atoms with van der Waals surface area (Å²) < 4.78 is 12.9. The van der Waals surface area contributed by atoms with Gasteiger partial charge in [-0.3, -0.25) is 14.5 Å². The van der Waals surface area contributed by atoms with Gasteiger partial charge in [0.25, 0.3) is 5.56 Å². The fourth-order valence-electron chi connectivity index (χ4n) is 6.09. The number of pyridine rings is 1. The summed E-state index contributed by atoms with van der Waals surface area (Å²) in [6.45, 7) is 4.89. The average Bonchev–Trinajstić information content (AvgIpc) is 3.41. The molecule has 1 aromatic carbocycles. The molecule has 2 saturated heterocycles. The van der Waals surface area contributed by atoms with Crippen LogP contribution >= 0.6 is 0 Å². The van der Waals surface area contributed by atoms with Crippen LogP contribution in [-0.2, 0) is 22.6 Å². The number of fused-ring (bicyclic) bond motifs is 3. The maximum Gasteiger partial charge on any atom is 0.258 e. The van der Waals surface area contributed by atoms with E-state index in [4.69, 9.17) is 9.47 Å². The van der Waals surface area contributed by atoms with Gasteiger partial charge in [-0.05, 0) is 25.1 Å². The van der Waals surface area contributed by atoms with Crippen molar-refractivity contribution < 1.29 is 19.4 Å². The minimum atomic E-state index is -0.489. The highest BCUT2D eigenvalue weighted by atomic mass is 16.5. The molecule has 0 spiro atoms. The van der Waals surface area contributed by atoms with Crippen molar-refractivity contribution in [1.82, 2.24) is 14.4 Å². The zero-order valence-electron chi connectivity index (χ0n) is 20.3. The number of aliphatic hydroxyl groups is 1. The number of benzene rings is 1. The van der Waals surface area contributed by atoms with Gasteiger partial charge in [0.05, 0.1) is 32.4 Å². The average molecular weight is 480 g/mol. The standard InChI is InChI=1S/C27H33N3O5/c1-3-6-18-9-10-22-24-20(16-29(22)26(18)32)21(17-31)25(27(33)28-11-13-35-14-12-28)30(24)15-19-7-4-5-8-23(19)34-2/h3-10,20-21,24-25,31H,11-17H2,1-2H3/b6-3-/t20-,21-,24+,25-/m0/s1. The predicted octanol–water partition coefficient (Wildman–Crippen LogP) is 1.91. The lowest BCUT2D eigenvalue weighted by molar-refractivity contribution is -0.142. The smallest absolute Gasteiger partial charge is 0.258 e. The van der Waals surface area contributed by atoms with Crippen LogP contribution in [0, 0.1) is 11.8 Å². The van der Waals surface area contributed by atoms with Crippen LogP contribution in [0.5, 0.6) is 5.75 Å². The van der Waals surface area contributed by atoms with Crippen LogP contribution in [0.2, 0.25) is 0 Å². The Balaban J connectivity index is 1.59. The highest BCUT2D eigenvalue weighted by Gasteiger charge is 2.56. The Morgan fingerprint density at radius 3 is 2.69 bits per heavy atom. The van der Waals surface area contributed by atoms with E-state index in [1.54, 1.807) is 7.11 Å². The van der Waals surface area contributed by atoms with Crippen molar-refractivity contribution in [2.75, 3.05) is 40.0 Å². The molecule has 1 N–H and O–H groups in total. The summed E-state index contributed by atoms with van der Waals surface area (Å²) in [6.07, 6.45) is 3.69. The molecule has 8 nitrogen and oxygen atoms in total. The second-order valence-electron chi connectivity index (χ2n) is 9.45. The number of aromatic nitrogens is 1. The number of carbonyl (C=O) groups excluding carboxylic acids is 1. The number of allylic oxidation sites excluding steroid dienone is 1. The Labute approximate surface area is 205 Å². The number of para-hydroxylation sites is 1. The molecular weight excluding hydrogens is 446 g/mol. The number of methoxy groups -OCH3 is 1. The Hall–Kier alpha value is -2.94. The topological polar surface area (TPSA) is 84.2 Å². The van der Waals surface area contributed by atoms with Crippen LogP contribution in [0.1, 0.15) is 29.8 Å². The number of rotatable bonds is 6. The van der Waals surface area contributed by atoms with Gasteiger partial charge in [-0.1, -0.05) is 30.4 Å². The first-order chi connectivity index (χ1) is 17.1. The van der Waals surface area contributed by atoms with E-state index in [2.05, 4.69) is 4.90 Å². The molecule has 4 atom stereocenters. The summed E-state index contributed by atoms with van der Waals surface area (Å²) >= 11 is 0. The molecule has 0 bridgehead atoms. The van der Waals surface area contributed by atoms with Gasteiger partial charge in [-0.2, -0.15) is 0 Å². The summed E-state index contributed by atoms with van der Waals surface area (Å²) in [5, 5.41) is 10.6. The zero-order valence-corrected chi connectivity index (χ0v) is 20.3. The molecule has 0 radical (unpaired) electrons. The minimum Gasteiger partial charge on any atom is -0.496 e. The number of carbonyl (C=O) groups is 1. The quantitative estimate of drug-likeness (QED) is 0.682. The summed E-state index contributed by atoms with van der Waals surface area (Å²) in [6, 6.07) is 11.0. The Morgan fingerprint density at radius 2 is 1.97 bits per heavy atom. The summed E-state index contributed by atoms with van der Waals surface area (Å²) in [5.41, 5.74) is 2.49. The van der Waals surface area contributed by atoms with E-state index < -0.39 is 6.04 Å². The fourth-order valence-corrected chi connectivity index (χ4v) is 6.09. The molecular formula is C27H33N3O5. The summed E-state index contributed by atoms with van der Waals surface area (Å²) in [4.78, 5) is 31.2. The molecule has 1 aromatic heterocycles. The molecule has 3 aliphatic rings. The fraction of sp³-hybridized carbons (Fsp3) is 0.481. The van der Waals surface area contributed by atoms with Crippen molar-refractivity contribution in [3.05, 3.63) is 69.6 Å². The van der Waals surface area contributed by atoms with E-state index in [-0.39, 0.29) is 36.0 Å². The maximum absolute atomic E-state index is 13.9. The molecule has 186 valence electrons. The number of hydrogen-bond acceptors (Lipinski definition) is 6. The lowest BCUT2D eigenvalue weighted by atomic mass is 9.88. The molecule has 8 heteroatoms. The van der Waals surface area contributed by atoms with Crippen LogP contribution in [0.25, 0.3) is 6.08 Å². The molecule has 0 unspecified atom stereocenters. The Bertz CT molecular complexity index is 1170. The van der Waals surface area contributed by atoms with E-state index in [0.29, 0.717) is 45.0 Å². The highest BCUT2D eigenvalue weighted by Crippen LogP contribution is 2.50. The first-order valence-electron chi connectivity index (χ1n) is 12.3. The van der Waals surface area contributed by atoms with E-state index in [9.17, 15) is 14.7 Å². The third-order valence-corrected chi connectivity index (χ3v) is 7.69. The minimum absolute atomic E-state index is 0.0241. The molecule has 2 fully saturated rings. The summed E-state index contributed by atoms with van der Waals surface area (Å²) in [5.74, 6) is 0.455. The van der Waals surface area contributed by atoms with Crippen molar-refractivity contribution in [3.63, 3.8) is 0 Å². The van der Waals surface area contributed by atoms with Crippen molar-refractivity contribution in [1.29, 1.82) is 0 Å².